The van der Waals surface area contributed by atoms with Crippen molar-refractivity contribution in [3.05, 3.63) is 0 Å². The quantitative estimate of drug-likeness (QED) is 0.719. The fourth-order valence-electron chi connectivity index (χ4n) is 3.70. The van der Waals surface area contributed by atoms with E-state index in [1.165, 1.54) is 19.3 Å². The maximum Gasteiger partial charge on any atom is 0.0616 e. The molecule has 0 aliphatic heterocycles. The highest BCUT2D eigenvalue weighted by Crippen LogP contribution is 2.37. The molecule has 0 aromatic heterocycles. The van der Waals surface area contributed by atoms with E-state index in [4.69, 9.17) is 0 Å². The highest BCUT2D eigenvalue weighted by atomic mass is 16.3. The van der Waals surface area contributed by atoms with Gasteiger partial charge in [0.05, 0.1) is 6.61 Å². The van der Waals surface area contributed by atoms with E-state index in [9.17, 15) is 5.11 Å². The van der Waals surface area contributed by atoms with Crippen molar-refractivity contribution in [3.8, 4) is 0 Å². The molecule has 0 amide bonds. The third-order valence-electron chi connectivity index (χ3n) is 4.57. The van der Waals surface area contributed by atoms with Crippen LogP contribution in [0.1, 0.15) is 59.8 Å². The molecule has 0 aromatic carbocycles. The zero-order chi connectivity index (χ0) is 15.2. The third kappa shape index (κ3) is 5.34. The molecule has 0 radical (unpaired) electrons. The van der Waals surface area contributed by atoms with E-state index in [0.717, 1.165) is 32.5 Å². The molecular weight excluding hydrogens is 248 g/mol. The Hall–Kier alpha value is -0.120. The Morgan fingerprint density at radius 2 is 2.05 bits per heavy atom. The molecule has 0 aromatic rings. The van der Waals surface area contributed by atoms with Gasteiger partial charge in [-0.2, -0.15) is 0 Å². The van der Waals surface area contributed by atoms with Gasteiger partial charge in [-0.3, -0.25) is 0 Å². The zero-order valence-electron chi connectivity index (χ0n) is 14.3. The predicted octanol–water partition coefficient (Wildman–Crippen LogP) is 2.89. The number of hydrogen-bond donors (Lipinski definition) is 2. The molecule has 20 heavy (non-hydrogen) atoms. The molecule has 1 saturated carbocycles. The Bertz CT molecular complexity index is 275. The maximum absolute atomic E-state index is 9.89. The number of hydrogen-bond acceptors (Lipinski definition) is 3. The first-order valence-electron chi connectivity index (χ1n) is 8.37. The fraction of sp³-hybridized carbons (Fsp3) is 1.00. The van der Waals surface area contributed by atoms with Crippen LogP contribution in [0.2, 0.25) is 0 Å². The Labute approximate surface area is 126 Å². The van der Waals surface area contributed by atoms with Crippen molar-refractivity contribution in [1.82, 2.24) is 10.2 Å². The Balaban J connectivity index is 2.48. The minimum Gasteiger partial charge on any atom is -0.394 e. The molecule has 0 spiro atoms. The van der Waals surface area contributed by atoms with Crippen LogP contribution in [-0.2, 0) is 0 Å². The Morgan fingerprint density at radius 1 is 1.35 bits per heavy atom. The van der Waals surface area contributed by atoms with Crippen LogP contribution in [0.4, 0.5) is 0 Å². The van der Waals surface area contributed by atoms with Crippen LogP contribution in [0.3, 0.4) is 0 Å². The minimum atomic E-state index is -0.00141. The van der Waals surface area contributed by atoms with E-state index >= 15 is 0 Å². The summed E-state index contributed by atoms with van der Waals surface area (Å²) < 4.78 is 0. The molecule has 1 aliphatic carbocycles. The lowest BCUT2D eigenvalue weighted by atomic mass is 9.84. The Morgan fingerprint density at radius 3 is 2.60 bits per heavy atom. The summed E-state index contributed by atoms with van der Waals surface area (Å²) in [6, 6.07) is 0. The van der Waals surface area contributed by atoms with Crippen molar-refractivity contribution in [2.45, 2.75) is 65.3 Å². The van der Waals surface area contributed by atoms with E-state index < -0.39 is 0 Å². The monoisotopic (exact) mass is 284 g/mol. The molecule has 3 heteroatoms. The molecule has 1 fully saturated rings. The molecule has 2 N–H and O–H groups in total. The summed E-state index contributed by atoms with van der Waals surface area (Å²) in [5.74, 6) is 0.626. The predicted molar refractivity (Wildman–Crippen MR) is 87.0 cm³/mol. The molecule has 3 nitrogen and oxygen atoms in total. The van der Waals surface area contributed by atoms with E-state index in [0.29, 0.717) is 17.9 Å². The number of nitrogens with zero attached hydrogens (tertiary/aromatic N) is 1. The molecule has 1 aliphatic rings. The fourth-order valence-corrected chi connectivity index (χ4v) is 3.70. The highest BCUT2D eigenvalue weighted by Gasteiger charge is 2.41. The van der Waals surface area contributed by atoms with Crippen LogP contribution in [0.5, 0.6) is 0 Å². The first-order valence-corrected chi connectivity index (χ1v) is 8.37. The summed E-state index contributed by atoms with van der Waals surface area (Å²) in [6.45, 7) is 12.7. The van der Waals surface area contributed by atoms with Gasteiger partial charge in [-0.25, -0.2) is 0 Å². The van der Waals surface area contributed by atoms with Gasteiger partial charge in [0.1, 0.15) is 0 Å². The first kappa shape index (κ1) is 17.9. The molecule has 0 saturated heterocycles. The number of aliphatic hydroxyl groups is 1. The standard InChI is InChI=1S/C17H36N2O/c1-6-11-18-17(14-20)10-7-8-15(17)9-12-19(5)13-16(2,3)4/h15,18,20H,6-14H2,1-5H3. The second kappa shape index (κ2) is 7.77. The van der Waals surface area contributed by atoms with E-state index in [1.54, 1.807) is 0 Å². The van der Waals surface area contributed by atoms with E-state index in [1.807, 2.05) is 0 Å². The molecule has 0 bridgehead atoms. The molecule has 2 unspecified atom stereocenters. The van der Waals surface area contributed by atoms with Gasteiger partial charge in [-0.15, -0.1) is 0 Å². The van der Waals surface area contributed by atoms with Crippen molar-refractivity contribution in [3.63, 3.8) is 0 Å². The summed E-state index contributed by atoms with van der Waals surface area (Å²) >= 11 is 0. The van der Waals surface area contributed by atoms with Gasteiger partial charge >= 0.3 is 0 Å². The van der Waals surface area contributed by atoms with Crippen LogP contribution in [0, 0.1) is 11.3 Å². The molecule has 120 valence electrons. The van der Waals surface area contributed by atoms with Crippen molar-refractivity contribution in [2.24, 2.45) is 11.3 Å². The van der Waals surface area contributed by atoms with Crippen LogP contribution >= 0.6 is 0 Å². The maximum atomic E-state index is 9.89. The molecular formula is C17H36N2O. The van der Waals surface area contributed by atoms with Gasteiger partial charge in [0, 0.05) is 12.1 Å². The van der Waals surface area contributed by atoms with Crippen LogP contribution in [0.25, 0.3) is 0 Å². The van der Waals surface area contributed by atoms with Gasteiger partial charge in [0.25, 0.3) is 0 Å². The topological polar surface area (TPSA) is 35.5 Å². The van der Waals surface area contributed by atoms with E-state index in [-0.39, 0.29) is 5.54 Å². The lowest BCUT2D eigenvalue weighted by Gasteiger charge is -2.36. The van der Waals surface area contributed by atoms with Crippen LogP contribution in [0.15, 0.2) is 0 Å². The number of nitrogens with one attached hydrogen (secondary N) is 1. The average Bonchev–Trinajstić information content (AvgIpc) is 2.75. The van der Waals surface area contributed by atoms with Crippen molar-refractivity contribution in [2.75, 3.05) is 33.3 Å². The van der Waals surface area contributed by atoms with Gasteiger partial charge in [-0.05, 0) is 57.2 Å². The Kier molecular flexibility index (Phi) is 6.96. The summed E-state index contributed by atoms with van der Waals surface area (Å²) in [7, 11) is 2.22. The van der Waals surface area contributed by atoms with Gasteiger partial charge in [-0.1, -0.05) is 34.1 Å². The lowest BCUT2D eigenvalue weighted by Crippen LogP contribution is -2.52. The van der Waals surface area contributed by atoms with Gasteiger partial charge in [0.15, 0.2) is 0 Å². The molecule has 2 atom stereocenters. The van der Waals surface area contributed by atoms with Crippen LogP contribution < -0.4 is 5.32 Å². The second-order valence-electron chi connectivity index (χ2n) is 7.92. The van der Waals surface area contributed by atoms with Crippen molar-refractivity contribution >= 4 is 0 Å². The van der Waals surface area contributed by atoms with Crippen molar-refractivity contribution < 1.29 is 5.11 Å². The molecule has 0 heterocycles. The first-order chi connectivity index (χ1) is 9.33. The van der Waals surface area contributed by atoms with Gasteiger partial charge < -0.3 is 15.3 Å². The normalized spacial score (nSPS) is 27.4. The highest BCUT2D eigenvalue weighted by molar-refractivity contribution is 4.99. The minimum absolute atomic E-state index is 0.00141. The summed E-state index contributed by atoms with van der Waals surface area (Å²) in [5.41, 5.74) is 0.359. The number of aliphatic hydroxyl groups excluding tert-OH is 1. The smallest absolute Gasteiger partial charge is 0.0616 e. The SMILES string of the molecule is CCCNC1(CO)CCCC1CCN(C)CC(C)(C)C. The summed E-state index contributed by atoms with van der Waals surface area (Å²) in [5, 5.41) is 13.5. The lowest BCUT2D eigenvalue weighted by molar-refractivity contribution is 0.110. The van der Waals surface area contributed by atoms with Gasteiger partial charge in [0.2, 0.25) is 0 Å². The zero-order valence-corrected chi connectivity index (χ0v) is 14.3. The van der Waals surface area contributed by atoms with Crippen molar-refractivity contribution in [1.29, 1.82) is 0 Å². The summed E-state index contributed by atoms with van der Waals surface area (Å²) in [6.07, 6.45) is 5.99. The molecule has 1 rings (SSSR count). The average molecular weight is 284 g/mol. The second-order valence-corrected chi connectivity index (χ2v) is 7.92. The largest absolute Gasteiger partial charge is 0.394 e. The summed E-state index contributed by atoms with van der Waals surface area (Å²) in [4.78, 5) is 2.44. The number of rotatable bonds is 8. The van der Waals surface area contributed by atoms with Crippen LogP contribution in [-0.4, -0.2) is 48.8 Å². The van der Waals surface area contributed by atoms with E-state index in [2.05, 4.69) is 45.0 Å². The third-order valence-corrected chi connectivity index (χ3v) is 4.57.